The first kappa shape index (κ1) is 19.2. The van der Waals surface area contributed by atoms with Crippen LogP contribution in [0.2, 0.25) is 5.02 Å². The molecule has 0 bridgehead atoms. The van der Waals surface area contributed by atoms with Crippen LogP contribution in [0.15, 0.2) is 70.6 Å². The zero-order chi connectivity index (χ0) is 19.4. The molecule has 0 radical (unpaired) electrons. The molecule has 7 heteroatoms. The van der Waals surface area contributed by atoms with E-state index in [-0.39, 0.29) is 23.4 Å². The molecule has 1 N–H and O–H groups in total. The number of phenols is 1. The van der Waals surface area contributed by atoms with Gasteiger partial charge < -0.3 is 10.0 Å². The Kier molecular flexibility index (Phi) is 5.98. The van der Waals surface area contributed by atoms with Gasteiger partial charge in [-0.25, -0.2) is 0 Å². The maximum Gasteiger partial charge on any atom is 0.274 e. The third-order valence-corrected chi connectivity index (χ3v) is 5.61. The highest BCUT2D eigenvalue weighted by Crippen LogP contribution is 2.31. The van der Waals surface area contributed by atoms with Crippen molar-refractivity contribution in [1.29, 1.82) is 0 Å². The molecule has 0 spiro atoms. The molecule has 27 heavy (non-hydrogen) atoms. The van der Waals surface area contributed by atoms with Crippen LogP contribution < -0.4 is 0 Å². The van der Waals surface area contributed by atoms with Crippen LogP contribution in [0.3, 0.4) is 0 Å². The predicted molar refractivity (Wildman–Crippen MR) is 106 cm³/mol. The van der Waals surface area contributed by atoms with Gasteiger partial charge in [0.25, 0.3) is 5.91 Å². The Morgan fingerprint density at radius 1 is 1.11 bits per heavy atom. The predicted octanol–water partition coefficient (Wildman–Crippen LogP) is 4.82. The van der Waals surface area contributed by atoms with Crippen LogP contribution in [0.5, 0.6) is 5.75 Å². The van der Waals surface area contributed by atoms with Gasteiger partial charge in [-0.3, -0.25) is 4.79 Å². The van der Waals surface area contributed by atoms with Gasteiger partial charge in [0.15, 0.2) is 5.69 Å². The maximum atomic E-state index is 12.7. The van der Waals surface area contributed by atoms with E-state index in [0.29, 0.717) is 10.0 Å². The molecule has 0 aliphatic rings. The van der Waals surface area contributed by atoms with Crippen molar-refractivity contribution in [2.75, 3.05) is 7.05 Å². The lowest BCUT2D eigenvalue weighted by Gasteiger charge is -2.25. The Balaban J connectivity index is 1.72. The molecule has 1 heterocycles. The molecule has 0 fully saturated rings. The average Bonchev–Trinajstić information content (AvgIpc) is 2.68. The van der Waals surface area contributed by atoms with Gasteiger partial charge in [0, 0.05) is 11.9 Å². The number of hydrogen-bond acceptors (Lipinski definition) is 5. The number of halogens is 1. The molecule has 3 aromatic rings. The summed E-state index contributed by atoms with van der Waals surface area (Å²) in [4.78, 5) is 15.1. The summed E-state index contributed by atoms with van der Waals surface area (Å²) in [6.07, 6.45) is 0. The quantitative estimate of drug-likeness (QED) is 0.666. The van der Waals surface area contributed by atoms with Crippen LogP contribution in [0.25, 0.3) is 0 Å². The monoisotopic (exact) mass is 399 g/mol. The fourth-order valence-corrected chi connectivity index (χ4v) is 3.50. The summed E-state index contributed by atoms with van der Waals surface area (Å²) in [5, 5.41) is 19.1. The molecule has 1 amide bonds. The van der Waals surface area contributed by atoms with E-state index in [1.165, 1.54) is 11.8 Å². The minimum absolute atomic E-state index is 0.168. The second kappa shape index (κ2) is 8.41. The molecule has 2 aromatic carbocycles. The zero-order valence-electron chi connectivity index (χ0n) is 14.8. The summed E-state index contributed by atoms with van der Waals surface area (Å²) < 4.78 is 0. The van der Waals surface area contributed by atoms with E-state index in [1.807, 2.05) is 37.3 Å². The van der Waals surface area contributed by atoms with Gasteiger partial charge in [-0.05, 0) is 48.9 Å². The minimum Gasteiger partial charge on any atom is -0.508 e. The standard InChI is InChI=1S/C20H18ClN3O2S/c1-13(14-6-5-7-15(25)12-14)24(2)20(26)17-10-11-19(23-22-17)27-18-9-4-3-8-16(18)21/h3-13,25H,1-2H3. The zero-order valence-corrected chi connectivity index (χ0v) is 16.4. The number of aromatic nitrogens is 2. The van der Waals surface area contributed by atoms with Crippen LogP contribution in [-0.4, -0.2) is 33.2 Å². The summed E-state index contributed by atoms with van der Waals surface area (Å²) in [6.45, 7) is 1.89. The number of carbonyl (C=O) groups excluding carboxylic acids is 1. The molecule has 0 saturated carbocycles. The molecule has 0 saturated heterocycles. The third-order valence-electron chi connectivity index (χ3n) is 4.16. The number of amides is 1. The van der Waals surface area contributed by atoms with Crippen molar-refractivity contribution in [1.82, 2.24) is 15.1 Å². The van der Waals surface area contributed by atoms with E-state index < -0.39 is 0 Å². The number of hydrogen-bond donors (Lipinski definition) is 1. The smallest absolute Gasteiger partial charge is 0.274 e. The van der Waals surface area contributed by atoms with Gasteiger partial charge in [-0.15, -0.1) is 10.2 Å². The normalized spacial score (nSPS) is 11.8. The number of carbonyl (C=O) groups is 1. The summed E-state index contributed by atoms with van der Waals surface area (Å²) in [6, 6.07) is 17.5. The number of phenolic OH excluding ortho intramolecular Hbond substituents is 1. The minimum atomic E-state index is -0.243. The molecule has 0 aliphatic carbocycles. The van der Waals surface area contributed by atoms with Crippen molar-refractivity contribution in [2.45, 2.75) is 22.9 Å². The average molecular weight is 400 g/mol. The lowest BCUT2D eigenvalue weighted by atomic mass is 10.1. The molecular weight excluding hydrogens is 382 g/mol. The van der Waals surface area contributed by atoms with Crippen molar-refractivity contribution in [3.63, 3.8) is 0 Å². The SMILES string of the molecule is CC(c1cccc(O)c1)N(C)C(=O)c1ccc(Sc2ccccc2Cl)nn1. The summed E-state index contributed by atoms with van der Waals surface area (Å²) in [5.74, 6) is -0.0754. The van der Waals surface area contributed by atoms with Crippen LogP contribution >= 0.6 is 23.4 Å². The van der Waals surface area contributed by atoms with Crippen molar-refractivity contribution < 1.29 is 9.90 Å². The largest absolute Gasteiger partial charge is 0.508 e. The van der Waals surface area contributed by atoms with Gasteiger partial charge in [-0.2, -0.15) is 0 Å². The second-order valence-electron chi connectivity index (χ2n) is 5.98. The molecule has 1 aromatic heterocycles. The molecular formula is C20H18ClN3O2S. The van der Waals surface area contributed by atoms with Crippen molar-refractivity contribution in [3.8, 4) is 5.75 Å². The van der Waals surface area contributed by atoms with E-state index in [2.05, 4.69) is 10.2 Å². The molecule has 1 atom stereocenters. The topological polar surface area (TPSA) is 66.3 Å². The first-order valence-electron chi connectivity index (χ1n) is 8.28. The highest BCUT2D eigenvalue weighted by atomic mass is 35.5. The second-order valence-corrected chi connectivity index (χ2v) is 7.45. The van der Waals surface area contributed by atoms with E-state index in [9.17, 15) is 9.90 Å². The number of aromatic hydroxyl groups is 1. The van der Waals surface area contributed by atoms with Crippen LogP contribution in [-0.2, 0) is 0 Å². The van der Waals surface area contributed by atoms with Crippen LogP contribution in [0.4, 0.5) is 0 Å². The Morgan fingerprint density at radius 3 is 2.56 bits per heavy atom. The van der Waals surface area contributed by atoms with E-state index in [0.717, 1.165) is 10.5 Å². The van der Waals surface area contributed by atoms with Gasteiger partial charge in [0.2, 0.25) is 0 Å². The maximum absolute atomic E-state index is 12.7. The highest BCUT2D eigenvalue weighted by Gasteiger charge is 2.20. The van der Waals surface area contributed by atoms with E-state index in [1.54, 1.807) is 42.3 Å². The van der Waals surface area contributed by atoms with Crippen molar-refractivity contribution >= 4 is 29.3 Å². The third kappa shape index (κ3) is 4.59. The number of nitrogens with zero attached hydrogens (tertiary/aromatic N) is 3. The van der Waals surface area contributed by atoms with E-state index in [4.69, 9.17) is 11.6 Å². The Morgan fingerprint density at radius 2 is 1.89 bits per heavy atom. The van der Waals surface area contributed by atoms with Gasteiger partial charge in [-0.1, -0.05) is 47.6 Å². The molecule has 3 rings (SSSR count). The van der Waals surface area contributed by atoms with Crippen LogP contribution in [0.1, 0.15) is 29.0 Å². The fraction of sp³-hybridized carbons (Fsp3) is 0.150. The van der Waals surface area contributed by atoms with Crippen molar-refractivity contribution in [2.24, 2.45) is 0 Å². The summed E-state index contributed by atoms with van der Waals surface area (Å²) in [5.41, 5.74) is 1.10. The van der Waals surface area contributed by atoms with Gasteiger partial charge >= 0.3 is 0 Å². The molecule has 138 valence electrons. The Bertz CT molecular complexity index is 950. The Labute approximate surface area is 167 Å². The molecule has 1 unspecified atom stereocenters. The van der Waals surface area contributed by atoms with Gasteiger partial charge in [0.05, 0.1) is 11.1 Å². The van der Waals surface area contributed by atoms with Gasteiger partial charge in [0.1, 0.15) is 10.8 Å². The lowest BCUT2D eigenvalue weighted by molar-refractivity contribution is 0.0735. The van der Waals surface area contributed by atoms with E-state index >= 15 is 0 Å². The lowest BCUT2D eigenvalue weighted by Crippen LogP contribution is -2.30. The van der Waals surface area contributed by atoms with Crippen LogP contribution in [0, 0.1) is 0 Å². The first-order valence-corrected chi connectivity index (χ1v) is 9.47. The fourth-order valence-electron chi connectivity index (χ4n) is 2.49. The highest BCUT2D eigenvalue weighted by molar-refractivity contribution is 7.99. The number of rotatable bonds is 5. The summed E-state index contributed by atoms with van der Waals surface area (Å²) >= 11 is 7.54. The van der Waals surface area contributed by atoms with Crippen molar-refractivity contribution in [3.05, 3.63) is 76.9 Å². The molecule has 5 nitrogen and oxygen atoms in total. The summed E-state index contributed by atoms with van der Waals surface area (Å²) in [7, 11) is 1.70. The number of benzene rings is 2. The molecule has 0 aliphatic heterocycles. The Hall–Kier alpha value is -2.57. The first-order chi connectivity index (χ1) is 13.0.